The molecule has 0 aliphatic carbocycles. The van der Waals surface area contributed by atoms with Gasteiger partial charge < -0.3 is 16.0 Å². The van der Waals surface area contributed by atoms with Crippen LogP contribution in [0.4, 0.5) is 5.69 Å². The summed E-state index contributed by atoms with van der Waals surface area (Å²) in [6.45, 7) is 3.85. The van der Waals surface area contributed by atoms with E-state index in [1.807, 2.05) is 13.8 Å². The topological polar surface area (TPSA) is 130 Å². The molecule has 2 aromatic carbocycles. The summed E-state index contributed by atoms with van der Waals surface area (Å²) >= 11 is 0. The van der Waals surface area contributed by atoms with Gasteiger partial charge in [-0.1, -0.05) is 32.0 Å². The normalized spacial score (nSPS) is 21.2. The van der Waals surface area contributed by atoms with E-state index in [0.29, 0.717) is 24.1 Å². The molecule has 0 aromatic heterocycles. The minimum absolute atomic E-state index is 0.100. The van der Waals surface area contributed by atoms with E-state index in [-0.39, 0.29) is 35.6 Å². The first-order valence-electron chi connectivity index (χ1n) is 11.7. The molecule has 3 N–H and O–H groups in total. The zero-order valence-corrected chi connectivity index (χ0v) is 20.6. The first kappa shape index (κ1) is 24.9. The lowest BCUT2D eigenvalue weighted by molar-refractivity contribution is -0.138. The molecule has 186 valence electrons. The van der Waals surface area contributed by atoms with Gasteiger partial charge in [-0.15, -0.1) is 0 Å². The van der Waals surface area contributed by atoms with Crippen molar-refractivity contribution in [2.24, 2.45) is 5.92 Å². The van der Waals surface area contributed by atoms with Gasteiger partial charge in [-0.05, 0) is 55.2 Å². The summed E-state index contributed by atoms with van der Waals surface area (Å²) in [5.41, 5.74) is 6.59. The van der Waals surface area contributed by atoms with Crippen LogP contribution in [0.5, 0.6) is 0 Å². The maximum absolute atomic E-state index is 13.6. The lowest BCUT2D eigenvalue weighted by Crippen LogP contribution is -2.53. The molecule has 2 amide bonds. The fourth-order valence-corrected chi connectivity index (χ4v) is 6.48. The van der Waals surface area contributed by atoms with Gasteiger partial charge in [0.05, 0.1) is 17.5 Å². The van der Waals surface area contributed by atoms with E-state index in [4.69, 9.17) is 5.73 Å². The van der Waals surface area contributed by atoms with Crippen molar-refractivity contribution >= 4 is 33.3 Å². The molecule has 0 radical (unpaired) electrons. The quantitative estimate of drug-likeness (QED) is 0.559. The Morgan fingerprint density at radius 2 is 1.74 bits per heavy atom. The van der Waals surface area contributed by atoms with Crippen LogP contribution in [0, 0.1) is 5.92 Å². The van der Waals surface area contributed by atoms with E-state index in [2.05, 4.69) is 5.32 Å². The molecule has 3 atom stereocenters. The number of carbonyl (C=O) groups is 3. The van der Waals surface area contributed by atoms with E-state index in [0.717, 1.165) is 0 Å². The number of nitrogens with zero attached hydrogens (tertiary/aromatic N) is 2. The van der Waals surface area contributed by atoms with Crippen molar-refractivity contribution in [1.82, 2.24) is 14.5 Å². The number of hydrogen-bond acceptors (Lipinski definition) is 6. The number of nitrogens with two attached hydrogens (primary N) is 1. The van der Waals surface area contributed by atoms with Crippen LogP contribution in [0.2, 0.25) is 0 Å². The Kier molecular flexibility index (Phi) is 6.95. The Hall–Kier alpha value is -3.24. The molecule has 2 fully saturated rings. The Morgan fingerprint density at radius 3 is 2.37 bits per heavy atom. The van der Waals surface area contributed by atoms with E-state index < -0.39 is 34.1 Å². The van der Waals surface area contributed by atoms with Gasteiger partial charge in [-0.3, -0.25) is 14.4 Å². The van der Waals surface area contributed by atoms with Gasteiger partial charge in [-0.25, -0.2) is 8.42 Å². The van der Waals surface area contributed by atoms with E-state index in [1.54, 1.807) is 42.5 Å². The van der Waals surface area contributed by atoms with Crippen molar-refractivity contribution < 1.29 is 22.8 Å². The Labute approximate surface area is 205 Å². The van der Waals surface area contributed by atoms with Crippen LogP contribution >= 0.6 is 0 Å². The first-order chi connectivity index (χ1) is 16.6. The molecule has 10 heteroatoms. The molecule has 0 spiro atoms. The maximum atomic E-state index is 13.6. The Morgan fingerprint density at radius 1 is 1.09 bits per heavy atom. The lowest BCUT2D eigenvalue weighted by Gasteiger charge is -2.29. The lowest BCUT2D eigenvalue weighted by atomic mass is 10.0. The number of nitrogens with one attached hydrogen (secondary N) is 1. The molecule has 4 rings (SSSR count). The fraction of sp³-hybridized carbons (Fsp3) is 0.400. The van der Waals surface area contributed by atoms with Crippen molar-refractivity contribution in [2.75, 3.05) is 18.8 Å². The molecular formula is C25H30N4O5S. The molecule has 2 aliphatic heterocycles. The molecule has 0 bridgehead atoms. The van der Waals surface area contributed by atoms with Gasteiger partial charge in [0, 0.05) is 17.8 Å². The second-order valence-electron chi connectivity index (χ2n) is 9.44. The largest absolute Gasteiger partial charge is 0.399 e. The highest BCUT2D eigenvalue weighted by molar-refractivity contribution is 7.89. The van der Waals surface area contributed by atoms with Gasteiger partial charge >= 0.3 is 0 Å². The van der Waals surface area contributed by atoms with Crippen molar-refractivity contribution in [3.63, 3.8) is 0 Å². The van der Waals surface area contributed by atoms with Crippen LogP contribution < -0.4 is 11.1 Å². The van der Waals surface area contributed by atoms with Crippen molar-refractivity contribution in [2.45, 2.75) is 49.7 Å². The second-order valence-corrected chi connectivity index (χ2v) is 11.3. The highest BCUT2D eigenvalue weighted by atomic mass is 32.2. The molecule has 2 aromatic rings. The zero-order chi connectivity index (χ0) is 25.3. The minimum atomic E-state index is -3.88. The van der Waals surface area contributed by atoms with Crippen molar-refractivity contribution in [3.8, 4) is 0 Å². The average molecular weight is 499 g/mol. The molecule has 2 heterocycles. The predicted molar refractivity (Wildman–Crippen MR) is 131 cm³/mol. The summed E-state index contributed by atoms with van der Waals surface area (Å²) in [6.07, 6.45) is 0.738. The summed E-state index contributed by atoms with van der Waals surface area (Å²) in [4.78, 5) is 41.0. The highest BCUT2D eigenvalue weighted by Gasteiger charge is 2.54. The number of likely N-dealkylation sites (tertiary alicyclic amines) is 1. The molecular weight excluding hydrogens is 468 g/mol. The molecule has 2 saturated heterocycles. The predicted octanol–water partition coefficient (Wildman–Crippen LogP) is 1.66. The van der Waals surface area contributed by atoms with Gasteiger partial charge in [0.1, 0.15) is 12.1 Å². The monoisotopic (exact) mass is 498 g/mol. The number of nitrogen functional groups attached to an aromatic ring is 1. The zero-order valence-electron chi connectivity index (χ0n) is 19.8. The van der Waals surface area contributed by atoms with Crippen molar-refractivity contribution in [3.05, 3.63) is 60.2 Å². The third-order valence-corrected chi connectivity index (χ3v) is 8.38. The third kappa shape index (κ3) is 4.94. The number of benzene rings is 2. The Bertz CT molecular complexity index is 1210. The van der Waals surface area contributed by atoms with E-state index in [1.165, 1.54) is 21.3 Å². The van der Waals surface area contributed by atoms with E-state index in [9.17, 15) is 22.8 Å². The van der Waals surface area contributed by atoms with Crippen LogP contribution in [0.1, 0.15) is 37.0 Å². The van der Waals surface area contributed by atoms with Crippen LogP contribution in [0.25, 0.3) is 0 Å². The number of Topliss-reactive ketones (excluding diaryl/α,β-unsaturated/α-hetero) is 1. The van der Waals surface area contributed by atoms with Crippen LogP contribution in [0.15, 0.2) is 59.5 Å². The number of ketones is 1. The standard InChI is InChI=1S/C25H30N4O5S/c1-16(2)14-20(27-24(31)17-8-10-18(26)11-9-17)25(32)28-13-12-21-23(28)22(30)15-29(21)35(33,34)19-6-4-3-5-7-19/h3-11,16,20-21,23H,12-15,26H2,1-2H3,(H,27,31). The molecule has 35 heavy (non-hydrogen) atoms. The summed E-state index contributed by atoms with van der Waals surface area (Å²) in [7, 11) is -3.88. The van der Waals surface area contributed by atoms with Gasteiger partial charge in [-0.2, -0.15) is 4.31 Å². The summed E-state index contributed by atoms with van der Waals surface area (Å²) in [5.74, 6) is -0.995. The molecule has 3 unspecified atom stereocenters. The fourth-order valence-electron chi connectivity index (χ4n) is 4.84. The van der Waals surface area contributed by atoms with Gasteiger partial charge in [0.2, 0.25) is 15.9 Å². The van der Waals surface area contributed by atoms with Gasteiger partial charge in [0.15, 0.2) is 5.78 Å². The smallest absolute Gasteiger partial charge is 0.251 e. The number of amides is 2. The number of anilines is 1. The summed E-state index contributed by atoms with van der Waals surface area (Å²) < 4.78 is 27.6. The van der Waals surface area contributed by atoms with Crippen LogP contribution in [-0.4, -0.2) is 66.4 Å². The maximum Gasteiger partial charge on any atom is 0.251 e. The minimum Gasteiger partial charge on any atom is -0.399 e. The van der Waals surface area contributed by atoms with Gasteiger partial charge in [0.25, 0.3) is 5.91 Å². The summed E-state index contributed by atoms with van der Waals surface area (Å²) in [5, 5.41) is 2.81. The molecule has 0 saturated carbocycles. The van der Waals surface area contributed by atoms with Crippen molar-refractivity contribution in [1.29, 1.82) is 0 Å². The van der Waals surface area contributed by atoms with Crippen LogP contribution in [0.3, 0.4) is 0 Å². The molecule has 2 aliphatic rings. The van der Waals surface area contributed by atoms with Crippen LogP contribution in [-0.2, 0) is 19.6 Å². The third-order valence-electron chi connectivity index (χ3n) is 6.49. The Balaban J connectivity index is 1.54. The molecule has 9 nitrogen and oxygen atoms in total. The SMILES string of the molecule is CC(C)CC(NC(=O)c1ccc(N)cc1)C(=O)N1CCC2C1C(=O)CN2S(=O)(=O)c1ccccc1. The first-order valence-corrected chi connectivity index (χ1v) is 13.1. The number of rotatable bonds is 7. The highest BCUT2D eigenvalue weighted by Crippen LogP contribution is 2.34. The number of carbonyl (C=O) groups excluding carboxylic acids is 3. The average Bonchev–Trinajstić information content (AvgIpc) is 3.40. The number of hydrogen-bond donors (Lipinski definition) is 2. The summed E-state index contributed by atoms with van der Waals surface area (Å²) in [6, 6.07) is 12.0. The second kappa shape index (κ2) is 9.79. The number of sulfonamides is 1. The number of fused-ring (bicyclic) bond motifs is 1. The van der Waals surface area contributed by atoms with E-state index >= 15 is 0 Å².